The van der Waals surface area contributed by atoms with Crippen molar-refractivity contribution in [3.63, 3.8) is 0 Å². The average Bonchev–Trinajstić information content (AvgIpc) is 2.58. The molecule has 2 aromatic rings. The monoisotopic (exact) mass is 345 g/mol. The van der Waals surface area contributed by atoms with Crippen LogP contribution in [0, 0.1) is 5.82 Å². The maximum Gasteiger partial charge on any atom is 0.227 e. The Morgan fingerprint density at radius 1 is 0.960 bits per heavy atom. The van der Waals surface area contributed by atoms with Crippen LogP contribution < -0.4 is 21.1 Å². The van der Waals surface area contributed by atoms with Gasteiger partial charge in [-0.2, -0.15) is 0 Å². The predicted molar refractivity (Wildman–Crippen MR) is 93.9 cm³/mol. The Kier molecular flexibility index (Phi) is 6.91. The van der Waals surface area contributed by atoms with Crippen LogP contribution in [0.2, 0.25) is 0 Å². The van der Waals surface area contributed by atoms with Gasteiger partial charge in [-0.25, -0.2) is 4.39 Å². The van der Waals surface area contributed by atoms with E-state index in [1.807, 2.05) is 18.2 Å². The van der Waals surface area contributed by atoms with Crippen LogP contribution in [0.4, 0.5) is 15.8 Å². The zero-order chi connectivity index (χ0) is 18.1. The molecule has 2 aromatic carbocycles. The second-order valence-corrected chi connectivity index (χ2v) is 5.24. The fourth-order valence-electron chi connectivity index (χ4n) is 2.06. The number of nitrogens with two attached hydrogens (primary N) is 1. The molecule has 0 bridgehead atoms. The van der Waals surface area contributed by atoms with E-state index in [0.29, 0.717) is 11.4 Å². The van der Waals surface area contributed by atoms with Crippen molar-refractivity contribution in [1.29, 1.82) is 0 Å². The van der Waals surface area contributed by atoms with Crippen LogP contribution >= 0.6 is 0 Å². The van der Waals surface area contributed by atoms with Crippen LogP contribution in [0.1, 0.15) is 12.8 Å². The number of para-hydroxylation sites is 1. The molecular weight excluding hydrogens is 325 g/mol. The van der Waals surface area contributed by atoms with Crippen molar-refractivity contribution in [2.75, 3.05) is 23.8 Å². The Bertz CT molecular complexity index is 723. The molecule has 0 fully saturated rings. The van der Waals surface area contributed by atoms with Crippen molar-refractivity contribution in [1.82, 2.24) is 0 Å². The maximum absolute atomic E-state index is 13.4. The first-order valence-corrected chi connectivity index (χ1v) is 7.85. The highest BCUT2D eigenvalue weighted by Gasteiger charge is 2.11. The molecule has 0 aliphatic rings. The highest BCUT2D eigenvalue weighted by Crippen LogP contribution is 2.23. The van der Waals surface area contributed by atoms with Gasteiger partial charge in [0.1, 0.15) is 11.6 Å². The molecule has 2 rings (SSSR count). The second kappa shape index (κ2) is 9.39. The van der Waals surface area contributed by atoms with E-state index < -0.39 is 5.82 Å². The van der Waals surface area contributed by atoms with Gasteiger partial charge in [-0.15, -0.1) is 0 Å². The van der Waals surface area contributed by atoms with Crippen LogP contribution in [-0.4, -0.2) is 25.0 Å². The summed E-state index contributed by atoms with van der Waals surface area (Å²) in [7, 11) is 0. The molecular formula is C18H20FN3O3. The largest absolute Gasteiger partial charge is 0.493 e. The number of benzene rings is 2. The quantitative estimate of drug-likeness (QED) is 0.685. The number of halogens is 1. The molecule has 0 heterocycles. The van der Waals surface area contributed by atoms with E-state index in [2.05, 4.69) is 10.6 Å². The predicted octanol–water partition coefficient (Wildman–Crippen LogP) is 2.52. The minimum absolute atomic E-state index is 0.106. The summed E-state index contributed by atoms with van der Waals surface area (Å²) >= 11 is 0. The lowest BCUT2D eigenvalue weighted by molar-refractivity contribution is -0.117. The van der Waals surface area contributed by atoms with Gasteiger partial charge in [0.25, 0.3) is 0 Å². The molecule has 4 N–H and O–H groups in total. The summed E-state index contributed by atoms with van der Waals surface area (Å²) in [6, 6.07) is 12.9. The number of anilines is 2. The summed E-state index contributed by atoms with van der Waals surface area (Å²) in [5.41, 5.74) is 5.82. The summed E-state index contributed by atoms with van der Waals surface area (Å²) in [6.07, 6.45) is 0.220. The highest BCUT2D eigenvalue weighted by molar-refractivity contribution is 5.99. The molecule has 0 aliphatic carbocycles. The fourth-order valence-corrected chi connectivity index (χ4v) is 2.06. The van der Waals surface area contributed by atoms with E-state index in [1.54, 1.807) is 12.1 Å². The number of hydrogen-bond acceptors (Lipinski definition) is 4. The van der Waals surface area contributed by atoms with E-state index >= 15 is 0 Å². The molecule has 132 valence electrons. The number of ether oxygens (including phenoxy) is 1. The highest BCUT2D eigenvalue weighted by atomic mass is 19.1. The molecule has 6 nitrogen and oxygen atoms in total. The minimum atomic E-state index is -0.520. The van der Waals surface area contributed by atoms with Crippen LogP contribution in [0.3, 0.4) is 0 Å². The van der Waals surface area contributed by atoms with E-state index in [4.69, 9.17) is 10.5 Å². The smallest absolute Gasteiger partial charge is 0.227 e. The summed E-state index contributed by atoms with van der Waals surface area (Å²) in [5.74, 6) is -0.506. The third-order valence-corrected chi connectivity index (χ3v) is 3.24. The third kappa shape index (κ3) is 6.23. The molecule has 0 atom stereocenters. The number of carbonyl (C=O) groups excluding carboxylic acids is 2. The van der Waals surface area contributed by atoms with Crippen molar-refractivity contribution < 1.29 is 18.7 Å². The molecule has 2 amide bonds. The van der Waals surface area contributed by atoms with Gasteiger partial charge >= 0.3 is 0 Å². The molecule has 0 aliphatic heterocycles. The number of amides is 2. The first-order valence-electron chi connectivity index (χ1n) is 7.85. The Labute approximate surface area is 145 Å². The topological polar surface area (TPSA) is 93.5 Å². The van der Waals surface area contributed by atoms with Gasteiger partial charge in [0.2, 0.25) is 11.8 Å². The van der Waals surface area contributed by atoms with Gasteiger partial charge < -0.3 is 21.1 Å². The van der Waals surface area contributed by atoms with Gasteiger partial charge in [0.05, 0.1) is 24.4 Å². The van der Waals surface area contributed by atoms with Crippen molar-refractivity contribution in [2.45, 2.75) is 12.8 Å². The lowest BCUT2D eigenvalue weighted by Crippen LogP contribution is -2.19. The second-order valence-electron chi connectivity index (χ2n) is 5.24. The Hall–Kier alpha value is -2.93. The van der Waals surface area contributed by atoms with Crippen LogP contribution in [0.15, 0.2) is 48.5 Å². The first-order chi connectivity index (χ1) is 12.1. The molecule has 0 spiro atoms. The number of carbonyl (C=O) groups is 2. The summed E-state index contributed by atoms with van der Waals surface area (Å²) < 4.78 is 18.9. The van der Waals surface area contributed by atoms with E-state index in [-0.39, 0.29) is 43.5 Å². The van der Waals surface area contributed by atoms with Gasteiger partial charge in [-0.05, 0) is 30.3 Å². The molecule has 0 unspecified atom stereocenters. The average molecular weight is 345 g/mol. The van der Waals surface area contributed by atoms with Gasteiger partial charge in [0, 0.05) is 13.0 Å². The molecule has 7 heteroatoms. The lowest BCUT2D eigenvalue weighted by Gasteiger charge is -2.13. The summed E-state index contributed by atoms with van der Waals surface area (Å²) in [6.45, 7) is 0.381. The van der Waals surface area contributed by atoms with E-state index in [0.717, 1.165) is 6.07 Å². The molecule has 0 radical (unpaired) electrons. The number of nitrogens with one attached hydrogen (secondary N) is 2. The molecule has 0 saturated carbocycles. The third-order valence-electron chi connectivity index (χ3n) is 3.24. The van der Waals surface area contributed by atoms with Crippen LogP contribution in [0.5, 0.6) is 5.75 Å². The van der Waals surface area contributed by atoms with Gasteiger partial charge in [-0.1, -0.05) is 18.2 Å². The number of rotatable bonds is 8. The first kappa shape index (κ1) is 18.4. The maximum atomic E-state index is 13.4. The SMILES string of the molecule is NCCC(=O)Nc1cc(F)ccc1NC(=O)CCOc1ccccc1. The van der Waals surface area contributed by atoms with Crippen molar-refractivity contribution >= 4 is 23.2 Å². The lowest BCUT2D eigenvalue weighted by atomic mass is 10.2. The van der Waals surface area contributed by atoms with E-state index in [1.165, 1.54) is 12.1 Å². The zero-order valence-electron chi connectivity index (χ0n) is 13.6. The van der Waals surface area contributed by atoms with Crippen molar-refractivity contribution in [3.05, 3.63) is 54.3 Å². The number of hydrogen-bond donors (Lipinski definition) is 3. The van der Waals surface area contributed by atoms with Gasteiger partial charge in [0.15, 0.2) is 0 Å². The fraction of sp³-hybridized carbons (Fsp3) is 0.222. The molecule has 0 saturated heterocycles. The van der Waals surface area contributed by atoms with Crippen molar-refractivity contribution in [2.24, 2.45) is 5.73 Å². The summed E-state index contributed by atoms with van der Waals surface area (Å²) in [5, 5.41) is 5.17. The van der Waals surface area contributed by atoms with Crippen LogP contribution in [0.25, 0.3) is 0 Å². The Morgan fingerprint density at radius 2 is 1.64 bits per heavy atom. The zero-order valence-corrected chi connectivity index (χ0v) is 13.6. The van der Waals surface area contributed by atoms with Gasteiger partial charge in [-0.3, -0.25) is 9.59 Å². The standard InChI is InChI=1S/C18H20FN3O3/c19-13-6-7-15(16(12-13)22-17(23)8-10-20)21-18(24)9-11-25-14-4-2-1-3-5-14/h1-7,12H,8-11,20H2,(H,21,24)(H,22,23). The summed E-state index contributed by atoms with van der Waals surface area (Å²) in [4.78, 5) is 23.7. The minimum Gasteiger partial charge on any atom is -0.493 e. The van der Waals surface area contributed by atoms with E-state index in [9.17, 15) is 14.0 Å². The normalized spacial score (nSPS) is 10.2. The Balaban J connectivity index is 1.92. The molecule has 25 heavy (non-hydrogen) atoms. The van der Waals surface area contributed by atoms with Crippen molar-refractivity contribution in [3.8, 4) is 5.75 Å². The Morgan fingerprint density at radius 3 is 2.36 bits per heavy atom. The van der Waals surface area contributed by atoms with Crippen LogP contribution in [-0.2, 0) is 9.59 Å². The molecule has 0 aromatic heterocycles.